The molecule has 4 aromatic carbocycles. The van der Waals surface area contributed by atoms with Crippen molar-refractivity contribution in [1.29, 1.82) is 0 Å². The summed E-state index contributed by atoms with van der Waals surface area (Å²) >= 11 is 0. The molecule has 0 aliphatic heterocycles. The minimum absolute atomic E-state index is 0.389. The van der Waals surface area contributed by atoms with Crippen molar-refractivity contribution in [3.63, 3.8) is 0 Å². The smallest absolute Gasteiger partial charge is 0.109 e. The first-order chi connectivity index (χ1) is 18.5. The summed E-state index contributed by atoms with van der Waals surface area (Å²) in [6.45, 7) is 6.38. The zero-order valence-electron chi connectivity index (χ0n) is 21.7. The van der Waals surface area contributed by atoms with Crippen LogP contribution in [0.3, 0.4) is 0 Å². The lowest BCUT2D eigenvalue weighted by Gasteiger charge is -2.21. The number of aryl methyl sites for hydroxylation is 3. The van der Waals surface area contributed by atoms with E-state index in [1.807, 2.05) is 19.3 Å². The second-order valence-corrected chi connectivity index (χ2v) is 10.9. The number of fused-ring (bicyclic) bond motifs is 11. The molecule has 0 bridgehead atoms. The van der Waals surface area contributed by atoms with E-state index in [2.05, 4.69) is 83.4 Å². The van der Waals surface area contributed by atoms with Crippen LogP contribution < -0.4 is 0 Å². The maximum Gasteiger partial charge on any atom is 0.109 e. The van der Waals surface area contributed by atoms with Crippen molar-refractivity contribution in [2.45, 2.75) is 39.5 Å². The predicted octanol–water partition coefficient (Wildman–Crippen LogP) is 8.01. The van der Waals surface area contributed by atoms with E-state index in [1.54, 1.807) is 0 Å². The average Bonchev–Trinajstić information content (AvgIpc) is 3.56. The number of aromatic amines is 2. The van der Waals surface area contributed by atoms with Crippen molar-refractivity contribution in [1.82, 2.24) is 24.9 Å². The van der Waals surface area contributed by atoms with Crippen LogP contribution >= 0.6 is 0 Å². The van der Waals surface area contributed by atoms with Crippen molar-refractivity contribution in [3.05, 3.63) is 89.8 Å². The number of pyridine rings is 1. The molecule has 5 nitrogen and oxygen atoms in total. The van der Waals surface area contributed by atoms with Crippen LogP contribution in [0, 0.1) is 6.92 Å². The Kier molecular flexibility index (Phi) is 4.40. The number of H-pyrrole nitrogens is 2. The molecule has 0 amide bonds. The van der Waals surface area contributed by atoms with E-state index in [0.717, 1.165) is 51.9 Å². The molecule has 7 aromatic rings. The van der Waals surface area contributed by atoms with Gasteiger partial charge < -0.3 is 9.97 Å². The Morgan fingerprint density at radius 1 is 0.737 bits per heavy atom. The molecule has 184 valence electrons. The lowest BCUT2D eigenvalue weighted by atomic mass is 9.83. The minimum atomic E-state index is 0.389. The molecule has 3 heterocycles. The predicted molar refractivity (Wildman–Crippen MR) is 156 cm³/mol. The number of nitrogens with one attached hydrogen (secondary N) is 2. The largest absolute Gasteiger partial charge is 0.342 e. The van der Waals surface area contributed by atoms with E-state index < -0.39 is 0 Å². The van der Waals surface area contributed by atoms with Crippen molar-refractivity contribution < 1.29 is 0 Å². The van der Waals surface area contributed by atoms with E-state index >= 15 is 0 Å². The summed E-state index contributed by atoms with van der Waals surface area (Å²) < 4.78 is 0. The first-order valence-corrected chi connectivity index (χ1v) is 13.4. The molecule has 0 radical (unpaired) electrons. The van der Waals surface area contributed by atoms with Gasteiger partial charge in [0.2, 0.25) is 0 Å². The summed E-state index contributed by atoms with van der Waals surface area (Å²) in [7, 11) is 0. The molecule has 2 N–H and O–H groups in total. The fraction of sp³-hybridized carbons (Fsp3) is 0.182. The Balaban J connectivity index is 1.28. The van der Waals surface area contributed by atoms with E-state index in [4.69, 9.17) is 9.97 Å². The second kappa shape index (κ2) is 7.75. The molecule has 3 aromatic heterocycles. The van der Waals surface area contributed by atoms with Crippen LogP contribution in [0.4, 0.5) is 0 Å². The molecule has 0 unspecified atom stereocenters. The van der Waals surface area contributed by atoms with Crippen molar-refractivity contribution in [2.24, 2.45) is 0 Å². The first kappa shape index (κ1) is 21.6. The van der Waals surface area contributed by atoms with Gasteiger partial charge in [0.15, 0.2) is 0 Å². The standard InChI is InChI=1S/C33H27N5/c1-17(2)33-37-29-11-10-23-22-7-4-19(14-21(22)6-9-25(23)30(29)38-33)20-5-8-26-27(15-20)24-12-13-34-16-28(24)32-31(26)35-18(3)36-32/h4-5,7-8,10-17H,6,9H2,1-3H3,(H,35,36)(H,37,38). The Hall–Kier alpha value is -4.51. The molecule has 1 aliphatic rings. The molecular formula is C33H27N5. The molecule has 38 heavy (non-hydrogen) atoms. The van der Waals surface area contributed by atoms with Crippen LogP contribution in [-0.4, -0.2) is 24.9 Å². The Morgan fingerprint density at radius 2 is 1.58 bits per heavy atom. The summed E-state index contributed by atoms with van der Waals surface area (Å²) in [5.41, 5.74) is 12.3. The molecule has 0 fully saturated rings. The lowest BCUT2D eigenvalue weighted by molar-refractivity contribution is 0.798. The number of benzene rings is 4. The van der Waals surface area contributed by atoms with E-state index in [-0.39, 0.29) is 0 Å². The average molecular weight is 494 g/mol. The highest BCUT2D eigenvalue weighted by Crippen LogP contribution is 2.40. The van der Waals surface area contributed by atoms with Gasteiger partial charge in [-0.3, -0.25) is 4.98 Å². The number of rotatable bonds is 2. The van der Waals surface area contributed by atoms with E-state index in [9.17, 15) is 0 Å². The minimum Gasteiger partial charge on any atom is -0.342 e. The fourth-order valence-electron chi connectivity index (χ4n) is 6.30. The molecule has 0 spiro atoms. The number of hydrogen-bond donors (Lipinski definition) is 2. The van der Waals surface area contributed by atoms with Crippen LogP contribution in [-0.2, 0) is 12.8 Å². The summed E-state index contributed by atoms with van der Waals surface area (Å²) in [5, 5.41) is 4.69. The first-order valence-electron chi connectivity index (χ1n) is 13.4. The monoisotopic (exact) mass is 493 g/mol. The topological polar surface area (TPSA) is 70.2 Å². The third kappa shape index (κ3) is 3.02. The number of aromatic nitrogens is 5. The van der Waals surface area contributed by atoms with Crippen LogP contribution in [0.2, 0.25) is 0 Å². The number of hydrogen-bond acceptors (Lipinski definition) is 3. The summed E-state index contributed by atoms with van der Waals surface area (Å²) in [6, 6.07) is 20.3. The van der Waals surface area contributed by atoms with Crippen LogP contribution in [0.25, 0.3) is 65.9 Å². The molecule has 1 aliphatic carbocycles. The molecule has 8 rings (SSSR count). The molecule has 0 saturated heterocycles. The van der Waals surface area contributed by atoms with Crippen molar-refractivity contribution in [3.8, 4) is 22.3 Å². The maximum absolute atomic E-state index is 4.97. The van der Waals surface area contributed by atoms with Gasteiger partial charge >= 0.3 is 0 Å². The Labute approximate surface area is 220 Å². The summed E-state index contributed by atoms with van der Waals surface area (Å²) in [4.78, 5) is 21.1. The lowest BCUT2D eigenvalue weighted by Crippen LogP contribution is -2.05. The van der Waals surface area contributed by atoms with Crippen LogP contribution in [0.5, 0.6) is 0 Å². The quantitative estimate of drug-likeness (QED) is 0.240. The molecule has 5 heteroatoms. The summed E-state index contributed by atoms with van der Waals surface area (Å²) in [6.07, 6.45) is 5.84. The number of nitrogens with zero attached hydrogens (tertiary/aromatic N) is 3. The van der Waals surface area contributed by atoms with Gasteiger partial charge in [-0.2, -0.15) is 0 Å². The molecular weight excluding hydrogens is 466 g/mol. The highest BCUT2D eigenvalue weighted by atomic mass is 14.9. The van der Waals surface area contributed by atoms with Crippen LogP contribution in [0.1, 0.15) is 42.5 Å². The third-order valence-electron chi connectivity index (χ3n) is 8.18. The Bertz CT molecular complexity index is 2080. The van der Waals surface area contributed by atoms with Gasteiger partial charge in [-0.05, 0) is 82.1 Å². The third-order valence-corrected chi connectivity index (χ3v) is 8.18. The highest BCUT2D eigenvalue weighted by Gasteiger charge is 2.21. The molecule has 0 atom stereocenters. The zero-order valence-corrected chi connectivity index (χ0v) is 21.7. The highest BCUT2D eigenvalue weighted by molar-refractivity contribution is 6.23. The van der Waals surface area contributed by atoms with Gasteiger partial charge in [0, 0.05) is 29.1 Å². The van der Waals surface area contributed by atoms with Gasteiger partial charge in [0.05, 0.1) is 22.1 Å². The normalized spacial score (nSPS) is 13.2. The van der Waals surface area contributed by atoms with Gasteiger partial charge in [-0.25, -0.2) is 9.97 Å². The zero-order chi connectivity index (χ0) is 25.5. The SMILES string of the molecule is Cc1nc2c3cnccc3c3cc(-c4ccc5c(c4)CCc4c-5ccc5[nH]c(C(C)C)nc45)ccc3c2[nH]1. The van der Waals surface area contributed by atoms with E-state index in [1.165, 1.54) is 49.5 Å². The van der Waals surface area contributed by atoms with Gasteiger partial charge in [0.25, 0.3) is 0 Å². The van der Waals surface area contributed by atoms with E-state index in [0.29, 0.717) is 5.92 Å². The summed E-state index contributed by atoms with van der Waals surface area (Å²) in [5.74, 6) is 2.38. The van der Waals surface area contributed by atoms with Crippen molar-refractivity contribution >= 4 is 43.6 Å². The Morgan fingerprint density at radius 3 is 2.47 bits per heavy atom. The van der Waals surface area contributed by atoms with Gasteiger partial charge in [-0.1, -0.05) is 50.2 Å². The molecule has 0 saturated carbocycles. The van der Waals surface area contributed by atoms with Crippen LogP contribution in [0.15, 0.2) is 67.0 Å². The number of imidazole rings is 2. The maximum atomic E-state index is 4.97. The van der Waals surface area contributed by atoms with Crippen molar-refractivity contribution in [2.75, 3.05) is 0 Å². The fourth-order valence-corrected chi connectivity index (χ4v) is 6.30. The van der Waals surface area contributed by atoms with Gasteiger partial charge in [0.1, 0.15) is 11.6 Å². The second-order valence-electron chi connectivity index (χ2n) is 10.9. The van der Waals surface area contributed by atoms with Gasteiger partial charge in [-0.15, -0.1) is 0 Å².